The van der Waals surface area contributed by atoms with Gasteiger partial charge >= 0.3 is 0 Å². The fourth-order valence-corrected chi connectivity index (χ4v) is 9.25. The van der Waals surface area contributed by atoms with Gasteiger partial charge < -0.3 is 0 Å². The van der Waals surface area contributed by atoms with Crippen LogP contribution in [0.4, 0.5) is 0 Å². The highest BCUT2D eigenvalue weighted by atomic mass is 15.0. The Balaban J connectivity index is 0.980. The molecule has 0 saturated heterocycles. The Morgan fingerprint density at radius 3 is 0.887 bits per heavy atom. The first-order valence-corrected chi connectivity index (χ1v) is 20.9. The maximum Gasteiger partial charge on any atom is 0.164 e. The van der Waals surface area contributed by atoms with E-state index in [2.05, 4.69) is 121 Å². The van der Waals surface area contributed by atoms with Crippen LogP contribution in [0.25, 0.3) is 79.5 Å². The van der Waals surface area contributed by atoms with E-state index in [0.29, 0.717) is 34.9 Å². The molecule has 0 fully saturated rings. The Labute approximate surface area is 359 Å². The third-order valence-electron chi connectivity index (χ3n) is 12.1. The van der Waals surface area contributed by atoms with Crippen molar-refractivity contribution in [3.05, 3.63) is 240 Å². The van der Waals surface area contributed by atoms with Crippen LogP contribution >= 0.6 is 0 Å². The van der Waals surface area contributed by atoms with Crippen LogP contribution in [0.3, 0.4) is 0 Å². The van der Waals surface area contributed by atoms with E-state index in [1.54, 1.807) is 0 Å². The minimum atomic E-state index is 0.0331. The van der Waals surface area contributed by atoms with E-state index in [4.69, 9.17) is 29.9 Å². The van der Waals surface area contributed by atoms with Gasteiger partial charge in [-0.25, -0.2) is 29.9 Å². The summed E-state index contributed by atoms with van der Waals surface area (Å²) in [6.45, 7) is 0. The summed E-state index contributed by atoms with van der Waals surface area (Å²) < 4.78 is 0. The summed E-state index contributed by atoms with van der Waals surface area (Å²) in [6.07, 6.45) is 0. The van der Waals surface area contributed by atoms with Gasteiger partial charge in [-0.05, 0) is 62.7 Å². The molecule has 3 aliphatic rings. The molecule has 0 spiro atoms. The van der Waals surface area contributed by atoms with Gasteiger partial charge in [-0.3, -0.25) is 0 Å². The molecule has 0 aliphatic heterocycles. The van der Waals surface area contributed by atoms with E-state index in [1.165, 1.54) is 33.4 Å². The van der Waals surface area contributed by atoms with Crippen LogP contribution in [0.15, 0.2) is 206 Å². The summed E-state index contributed by atoms with van der Waals surface area (Å²) >= 11 is 0. The van der Waals surface area contributed by atoms with Crippen molar-refractivity contribution in [2.45, 2.75) is 11.8 Å². The molecule has 13 rings (SSSR count). The van der Waals surface area contributed by atoms with E-state index in [0.717, 1.165) is 44.5 Å². The molecule has 0 N–H and O–H groups in total. The van der Waals surface area contributed by atoms with Gasteiger partial charge in [0, 0.05) is 45.2 Å². The van der Waals surface area contributed by atoms with Crippen molar-refractivity contribution in [2.24, 2.45) is 0 Å². The quantitative estimate of drug-likeness (QED) is 0.160. The van der Waals surface area contributed by atoms with Crippen molar-refractivity contribution in [1.29, 1.82) is 0 Å². The molecular weight excluding hydrogens is 757 g/mol. The Kier molecular flexibility index (Phi) is 8.52. The first-order valence-electron chi connectivity index (χ1n) is 20.9. The lowest BCUT2D eigenvalue weighted by Crippen LogP contribution is -2.27. The SMILES string of the molecule is c1ccc(-c2cccc(-c3nc(-c4ccccc4)nc(-c4ccc5c(c4)C4c6ccccc6C5c5cc(-c6nc(-c7ccccc7)nc(-c7ccccc7)n6)ccc54)n3)c2)cc1. The number of hydrogen-bond donors (Lipinski definition) is 0. The summed E-state index contributed by atoms with van der Waals surface area (Å²) in [5.41, 5.74) is 15.8. The Morgan fingerprint density at radius 2 is 0.484 bits per heavy atom. The van der Waals surface area contributed by atoms with E-state index < -0.39 is 0 Å². The Hall–Kier alpha value is -8.22. The first-order chi connectivity index (χ1) is 30.7. The standard InChI is InChI=1S/C56H36N6/c1-5-16-35(17-6-1)39-24-15-25-40(32-39)54-58-53(38-22-11-4-12-23-38)61-56(62-54)42-29-31-46-48(34-42)50-44-27-14-13-26-43(44)49(46)47-33-41(28-30-45(47)50)55-59-51(36-18-7-2-8-19-36)57-52(60-55)37-20-9-3-10-21-37/h1-34,49-50H. The summed E-state index contributed by atoms with van der Waals surface area (Å²) in [5.74, 6) is 3.95. The fraction of sp³-hybridized carbons (Fsp3) is 0.0357. The number of aromatic nitrogens is 6. The van der Waals surface area contributed by atoms with Crippen LogP contribution in [0.1, 0.15) is 45.2 Å². The van der Waals surface area contributed by atoms with E-state index in [1.807, 2.05) is 84.9 Å². The molecular formula is C56H36N6. The molecule has 0 saturated carbocycles. The lowest BCUT2D eigenvalue weighted by atomic mass is 9.61. The first kappa shape index (κ1) is 35.7. The van der Waals surface area contributed by atoms with E-state index in [-0.39, 0.29) is 11.8 Å². The molecule has 6 heteroatoms. The third-order valence-corrected chi connectivity index (χ3v) is 12.1. The summed E-state index contributed by atoms with van der Waals surface area (Å²) in [7, 11) is 0. The fourth-order valence-electron chi connectivity index (χ4n) is 9.25. The molecule has 2 unspecified atom stereocenters. The van der Waals surface area contributed by atoms with Crippen LogP contribution in [-0.2, 0) is 0 Å². The zero-order valence-electron chi connectivity index (χ0n) is 33.5. The number of benzene rings is 8. The average Bonchev–Trinajstić information content (AvgIpc) is 3.36. The Bertz CT molecular complexity index is 3240. The highest BCUT2D eigenvalue weighted by molar-refractivity contribution is 5.77. The van der Waals surface area contributed by atoms with Crippen molar-refractivity contribution >= 4 is 0 Å². The van der Waals surface area contributed by atoms with Gasteiger partial charge in [-0.1, -0.05) is 188 Å². The number of nitrogens with zero attached hydrogens (tertiary/aromatic N) is 6. The largest absolute Gasteiger partial charge is 0.208 e. The maximum absolute atomic E-state index is 5.20. The molecule has 8 aromatic carbocycles. The van der Waals surface area contributed by atoms with Crippen molar-refractivity contribution in [1.82, 2.24) is 29.9 Å². The molecule has 0 amide bonds. The van der Waals surface area contributed by atoms with Crippen LogP contribution < -0.4 is 0 Å². The van der Waals surface area contributed by atoms with Gasteiger partial charge in [0.2, 0.25) is 0 Å². The van der Waals surface area contributed by atoms with Crippen LogP contribution in [-0.4, -0.2) is 29.9 Å². The van der Waals surface area contributed by atoms with Crippen molar-refractivity contribution in [3.63, 3.8) is 0 Å². The van der Waals surface area contributed by atoms with Crippen LogP contribution in [0.5, 0.6) is 0 Å². The molecule has 10 aromatic rings. The van der Waals surface area contributed by atoms with Crippen LogP contribution in [0.2, 0.25) is 0 Å². The molecule has 2 atom stereocenters. The van der Waals surface area contributed by atoms with Gasteiger partial charge in [-0.2, -0.15) is 0 Å². The van der Waals surface area contributed by atoms with Gasteiger partial charge in [0.05, 0.1) is 0 Å². The van der Waals surface area contributed by atoms with Crippen molar-refractivity contribution in [2.75, 3.05) is 0 Å². The molecule has 6 nitrogen and oxygen atoms in total. The molecule has 290 valence electrons. The second-order valence-electron chi connectivity index (χ2n) is 15.8. The van der Waals surface area contributed by atoms with Gasteiger partial charge in [0.1, 0.15) is 0 Å². The average molecular weight is 793 g/mol. The minimum Gasteiger partial charge on any atom is -0.208 e. The smallest absolute Gasteiger partial charge is 0.164 e. The van der Waals surface area contributed by atoms with E-state index >= 15 is 0 Å². The third kappa shape index (κ3) is 6.20. The number of hydrogen-bond acceptors (Lipinski definition) is 6. The lowest BCUT2D eigenvalue weighted by molar-refractivity contribution is 0.754. The van der Waals surface area contributed by atoms with Gasteiger partial charge in [-0.15, -0.1) is 0 Å². The second-order valence-corrected chi connectivity index (χ2v) is 15.8. The molecule has 2 heterocycles. The molecule has 3 aliphatic carbocycles. The zero-order chi connectivity index (χ0) is 41.0. The lowest BCUT2D eigenvalue weighted by Gasteiger charge is -2.42. The summed E-state index contributed by atoms with van der Waals surface area (Å²) in [4.78, 5) is 30.5. The van der Waals surface area contributed by atoms with Gasteiger partial charge in [0.15, 0.2) is 34.9 Å². The maximum atomic E-state index is 5.20. The predicted molar refractivity (Wildman–Crippen MR) is 246 cm³/mol. The monoisotopic (exact) mass is 792 g/mol. The summed E-state index contributed by atoms with van der Waals surface area (Å²) in [6, 6.07) is 71.8. The minimum absolute atomic E-state index is 0.0331. The number of rotatable bonds is 7. The molecule has 2 aromatic heterocycles. The Morgan fingerprint density at radius 1 is 0.194 bits per heavy atom. The second kappa shape index (κ2) is 14.8. The molecule has 2 bridgehead atoms. The molecule has 0 radical (unpaired) electrons. The predicted octanol–water partition coefficient (Wildman–Crippen LogP) is 12.7. The highest BCUT2D eigenvalue weighted by Crippen LogP contribution is 2.56. The normalized spacial score (nSPS) is 14.5. The van der Waals surface area contributed by atoms with E-state index in [9.17, 15) is 0 Å². The van der Waals surface area contributed by atoms with Crippen LogP contribution in [0, 0.1) is 0 Å². The summed E-state index contributed by atoms with van der Waals surface area (Å²) in [5, 5.41) is 0. The van der Waals surface area contributed by atoms with Gasteiger partial charge in [0.25, 0.3) is 0 Å². The van der Waals surface area contributed by atoms with Crippen molar-refractivity contribution < 1.29 is 0 Å². The van der Waals surface area contributed by atoms with Crippen molar-refractivity contribution in [3.8, 4) is 79.5 Å². The topological polar surface area (TPSA) is 77.3 Å². The zero-order valence-corrected chi connectivity index (χ0v) is 33.5. The molecule has 62 heavy (non-hydrogen) atoms. The highest BCUT2D eigenvalue weighted by Gasteiger charge is 2.41.